The second-order valence-corrected chi connectivity index (χ2v) is 3.17. The summed E-state index contributed by atoms with van der Waals surface area (Å²) in [6, 6.07) is 5.17. The van der Waals surface area contributed by atoms with Crippen molar-refractivity contribution in [3.05, 3.63) is 23.8 Å². The summed E-state index contributed by atoms with van der Waals surface area (Å²) < 4.78 is 22.6. The van der Waals surface area contributed by atoms with E-state index < -0.39 is 6.67 Å². The van der Waals surface area contributed by atoms with Crippen molar-refractivity contribution >= 4 is 0 Å². The van der Waals surface area contributed by atoms with Crippen molar-refractivity contribution in [1.29, 1.82) is 0 Å². The van der Waals surface area contributed by atoms with Crippen LogP contribution in [0.3, 0.4) is 0 Å². The second kappa shape index (κ2) is 3.84. The van der Waals surface area contributed by atoms with Crippen molar-refractivity contribution in [2.75, 3.05) is 13.5 Å². The van der Waals surface area contributed by atoms with Crippen LogP contribution in [0.25, 0.3) is 0 Å². The van der Waals surface area contributed by atoms with E-state index >= 15 is 0 Å². The molecule has 1 heterocycles. The Morgan fingerprint density at radius 2 is 2.29 bits per heavy atom. The molecule has 0 aromatic heterocycles. The molecule has 0 saturated carbocycles. The van der Waals surface area contributed by atoms with Crippen LogP contribution in [0, 0.1) is 0 Å². The molecule has 0 fully saturated rings. The fraction of sp³-hybridized carbons (Fsp3) is 0.400. The number of hydrogen-bond acceptors (Lipinski definition) is 3. The van der Waals surface area contributed by atoms with Gasteiger partial charge in [0.05, 0.1) is 6.67 Å². The molecule has 0 spiro atoms. The minimum Gasteiger partial charge on any atom is -0.454 e. The van der Waals surface area contributed by atoms with Crippen LogP contribution in [-0.4, -0.2) is 13.5 Å². The Labute approximate surface area is 81.6 Å². The number of nitrogens with two attached hydrogens (primary N) is 1. The first-order valence-corrected chi connectivity index (χ1v) is 4.53. The minimum absolute atomic E-state index is 0.217. The van der Waals surface area contributed by atoms with E-state index in [1.807, 2.05) is 18.2 Å². The van der Waals surface area contributed by atoms with Gasteiger partial charge in [0.1, 0.15) is 0 Å². The fourth-order valence-electron chi connectivity index (χ4n) is 1.52. The van der Waals surface area contributed by atoms with Crippen molar-refractivity contribution in [2.45, 2.75) is 12.5 Å². The van der Waals surface area contributed by atoms with Gasteiger partial charge in [0.15, 0.2) is 11.5 Å². The molecule has 4 heteroatoms. The van der Waals surface area contributed by atoms with E-state index in [4.69, 9.17) is 15.2 Å². The third kappa shape index (κ3) is 1.53. The summed E-state index contributed by atoms with van der Waals surface area (Å²) in [7, 11) is 0. The fourth-order valence-corrected chi connectivity index (χ4v) is 1.52. The molecule has 2 N–H and O–H groups in total. The third-order valence-electron chi connectivity index (χ3n) is 2.25. The largest absolute Gasteiger partial charge is 0.454 e. The number of fused-ring (bicyclic) bond motifs is 1. The van der Waals surface area contributed by atoms with Gasteiger partial charge in [0, 0.05) is 11.6 Å². The van der Waals surface area contributed by atoms with Crippen LogP contribution < -0.4 is 15.2 Å². The standard InChI is InChI=1S/C10H12FNO2/c11-5-4-8(12)7-2-1-3-9-10(7)14-6-13-9/h1-3,8H,4-6,12H2/t8-/m0/s1. The maximum Gasteiger partial charge on any atom is 0.231 e. The van der Waals surface area contributed by atoms with E-state index in [0.717, 1.165) is 5.56 Å². The predicted molar refractivity (Wildman–Crippen MR) is 50.1 cm³/mol. The SMILES string of the molecule is N[C@@H](CCF)c1cccc2c1OCO2. The Bertz CT molecular complexity index is 330. The molecule has 0 radical (unpaired) electrons. The van der Waals surface area contributed by atoms with E-state index in [2.05, 4.69) is 0 Å². The highest BCUT2D eigenvalue weighted by Gasteiger charge is 2.20. The first-order valence-electron chi connectivity index (χ1n) is 4.53. The van der Waals surface area contributed by atoms with Crippen LogP contribution in [0.4, 0.5) is 4.39 Å². The molecule has 1 aromatic carbocycles. The summed E-state index contributed by atoms with van der Waals surface area (Å²) in [5, 5.41) is 0. The molecular formula is C10H12FNO2. The van der Waals surface area contributed by atoms with E-state index in [9.17, 15) is 4.39 Å². The molecule has 3 nitrogen and oxygen atoms in total. The van der Waals surface area contributed by atoms with Crippen LogP contribution in [0.2, 0.25) is 0 Å². The molecule has 0 amide bonds. The molecule has 76 valence electrons. The maximum atomic E-state index is 12.1. The van der Waals surface area contributed by atoms with Gasteiger partial charge in [-0.1, -0.05) is 12.1 Å². The van der Waals surface area contributed by atoms with Crippen LogP contribution in [0.1, 0.15) is 18.0 Å². The van der Waals surface area contributed by atoms with Gasteiger partial charge < -0.3 is 15.2 Å². The van der Waals surface area contributed by atoms with Gasteiger partial charge in [0.2, 0.25) is 6.79 Å². The molecule has 0 unspecified atom stereocenters. The Morgan fingerprint density at radius 3 is 3.07 bits per heavy atom. The minimum atomic E-state index is -0.425. The molecule has 0 aliphatic carbocycles. The van der Waals surface area contributed by atoms with Crippen LogP contribution in [-0.2, 0) is 0 Å². The van der Waals surface area contributed by atoms with Gasteiger partial charge in [-0.2, -0.15) is 0 Å². The zero-order valence-electron chi connectivity index (χ0n) is 7.70. The van der Waals surface area contributed by atoms with Gasteiger partial charge in [-0.05, 0) is 12.5 Å². The molecule has 1 aromatic rings. The monoisotopic (exact) mass is 197 g/mol. The van der Waals surface area contributed by atoms with E-state index in [1.54, 1.807) is 0 Å². The zero-order valence-corrected chi connectivity index (χ0v) is 7.70. The summed E-state index contributed by atoms with van der Waals surface area (Å²) in [6.45, 7) is -0.208. The first-order chi connectivity index (χ1) is 6.83. The Balaban J connectivity index is 2.29. The lowest BCUT2D eigenvalue weighted by atomic mass is 10.0. The number of rotatable bonds is 3. The quantitative estimate of drug-likeness (QED) is 0.803. The number of hydrogen-bond donors (Lipinski definition) is 1. The molecule has 1 atom stereocenters. The summed E-state index contributed by atoms with van der Waals surface area (Å²) in [5.41, 5.74) is 6.62. The lowest BCUT2D eigenvalue weighted by Crippen LogP contribution is -2.11. The van der Waals surface area contributed by atoms with Crippen molar-refractivity contribution in [2.24, 2.45) is 5.73 Å². The maximum absolute atomic E-state index is 12.1. The van der Waals surface area contributed by atoms with E-state index in [0.29, 0.717) is 17.9 Å². The van der Waals surface area contributed by atoms with Gasteiger partial charge in [-0.3, -0.25) is 4.39 Å². The first kappa shape index (κ1) is 9.27. The number of halogens is 1. The summed E-state index contributed by atoms with van der Waals surface area (Å²) in [6.07, 6.45) is 0.305. The molecule has 1 aliphatic heterocycles. The average molecular weight is 197 g/mol. The van der Waals surface area contributed by atoms with Crippen molar-refractivity contribution in [3.8, 4) is 11.5 Å². The number of benzene rings is 1. The number of para-hydroxylation sites is 1. The molecule has 14 heavy (non-hydrogen) atoms. The summed E-state index contributed by atoms with van der Waals surface area (Å²) >= 11 is 0. The predicted octanol–water partition coefficient (Wildman–Crippen LogP) is 1.77. The molecule has 0 bridgehead atoms. The Kier molecular flexibility index (Phi) is 2.54. The van der Waals surface area contributed by atoms with E-state index in [-0.39, 0.29) is 12.8 Å². The van der Waals surface area contributed by atoms with E-state index in [1.165, 1.54) is 0 Å². The summed E-state index contributed by atoms with van der Waals surface area (Å²) in [5.74, 6) is 1.35. The van der Waals surface area contributed by atoms with Crippen molar-refractivity contribution < 1.29 is 13.9 Å². The van der Waals surface area contributed by atoms with Gasteiger partial charge in [-0.15, -0.1) is 0 Å². The molecule has 1 aliphatic rings. The molecule has 2 rings (SSSR count). The smallest absolute Gasteiger partial charge is 0.231 e. The Morgan fingerprint density at radius 1 is 1.43 bits per heavy atom. The zero-order chi connectivity index (χ0) is 9.97. The molecule has 0 saturated heterocycles. The van der Waals surface area contributed by atoms with Crippen LogP contribution in [0.15, 0.2) is 18.2 Å². The Hall–Kier alpha value is -1.29. The normalized spacial score (nSPS) is 15.6. The van der Waals surface area contributed by atoms with Gasteiger partial charge in [-0.25, -0.2) is 0 Å². The highest BCUT2D eigenvalue weighted by Crippen LogP contribution is 2.38. The van der Waals surface area contributed by atoms with Crippen LogP contribution >= 0.6 is 0 Å². The molecular weight excluding hydrogens is 185 g/mol. The lowest BCUT2D eigenvalue weighted by molar-refractivity contribution is 0.173. The average Bonchev–Trinajstić information content (AvgIpc) is 2.65. The van der Waals surface area contributed by atoms with Crippen molar-refractivity contribution in [1.82, 2.24) is 0 Å². The number of alkyl halides is 1. The summed E-state index contributed by atoms with van der Waals surface area (Å²) in [4.78, 5) is 0. The third-order valence-corrected chi connectivity index (χ3v) is 2.25. The number of ether oxygens (including phenoxy) is 2. The van der Waals surface area contributed by atoms with Crippen molar-refractivity contribution in [3.63, 3.8) is 0 Å². The van der Waals surface area contributed by atoms with Gasteiger partial charge in [0.25, 0.3) is 0 Å². The topological polar surface area (TPSA) is 44.5 Å². The highest BCUT2D eigenvalue weighted by atomic mass is 19.1. The van der Waals surface area contributed by atoms with Crippen LogP contribution in [0.5, 0.6) is 11.5 Å². The second-order valence-electron chi connectivity index (χ2n) is 3.17. The van der Waals surface area contributed by atoms with Gasteiger partial charge >= 0.3 is 0 Å². The lowest BCUT2D eigenvalue weighted by Gasteiger charge is -2.11. The highest BCUT2D eigenvalue weighted by molar-refractivity contribution is 5.49.